The largest absolute Gasteiger partial charge is 0.497 e. The standard InChI is InChI=1S/C16H15ClO5/c1-20-12-3-2-4-13(10-12)21-7-8-22-15-6-5-11(17)9-14(15)16(18)19/h2-6,9-10H,7-8H2,1H3,(H,18,19). The van der Waals surface area contributed by atoms with Crippen molar-refractivity contribution >= 4 is 17.6 Å². The van der Waals surface area contributed by atoms with E-state index in [1.165, 1.54) is 12.1 Å². The number of carboxylic acid groups (broad SMARTS) is 1. The number of hydrogen-bond donors (Lipinski definition) is 1. The van der Waals surface area contributed by atoms with Crippen LogP contribution in [0.1, 0.15) is 10.4 Å². The Kier molecular flexibility index (Phi) is 5.49. The van der Waals surface area contributed by atoms with Crippen molar-refractivity contribution in [1.29, 1.82) is 0 Å². The van der Waals surface area contributed by atoms with Gasteiger partial charge in [0.15, 0.2) is 0 Å². The van der Waals surface area contributed by atoms with Gasteiger partial charge in [-0.3, -0.25) is 0 Å². The highest BCUT2D eigenvalue weighted by molar-refractivity contribution is 6.31. The summed E-state index contributed by atoms with van der Waals surface area (Å²) in [7, 11) is 1.58. The summed E-state index contributed by atoms with van der Waals surface area (Å²) in [6, 6.07) is 11.6. The summed E-state index contributed by atoms with van der Waals surface area (Å²) in [6.45, 7) is 0.480. The molecule has 0 aliphatic heterocycles. The van der Waals surface area contributed by atoms with E-state index in [2.05, 4.69) is 0 Å². The molecule has 0 spiro atoms. The molecule has 0 fully saturated rings. The van der Waals surface area contributed by atoms with Crippen molar-refractivity contribution in [3.63, 3.8) is 0 Å². The number of rotatable bonds is 7. The average molecular weight is 323 g/mol. The van der Waals surface area contributed by atoms with Crippen LogP contribution in [0, 0.1) is 0 Å². The molecule has 1 N–H and O–H groups in total. The van der Waals surface area contributed by atoms with Gasteiger partial charge in [0.1, 0.15) is 36.0 Å². The predicted octanol–water partition coefficient (Wildman–Crippen LogP) is 3.50. The molecule has 0 aliphatic rings. The molecular weight excluding hydrogens is 308 g/mol. The second kappa shape index (κ2) is 7.56. The van der Waals surface area contributed by atoms with Crippen LogP contribution in [0.5, 0.6) is 17.2 Å². The lowest BCUT2D eigenvalue weighted by atomic mass is 10.2. The molecule has 0 unspecified atom stereocenters. The Balaban J connectivity index is 1.90. The van der Waals surface area contributed by atoms with Crippen molar-refractivity contribution < 1.29 is 24.1 Å². The van der Waals surface area contributed by atoms with Crippen LogP contribution in [0.25, 0.3) is 0 Å². The van der Waals surface area contributed by atoms with Crippen molar-refractivity contribution in [2.45, 2.75) is 0 Å². The lowest BCUT2D eigenvalue weighted by Gasteiger charge is -2.11. The third-order valence-electron chi connectivity index (χ3n) is 2.82. The topological polar surface area (TPSA) is 65.0 Å². The van der Waals surface area contributed by atoms with Gasteiger partial charge in [-0.05, 0) is 30.3 Å². The molecule has 116 valence electrons. The van der Waals surface area contributed by atoms with Crippen LogP contribution in [0.2, 0.25) is 5.02 Å². The van der Waals surface area contributed by atoms with Crippen molar-refractivity contribution in [2.75, 3.05) is 20.3 Å². The SMILES string of the molecule is COc1cccc(OCCOc2ccc(Cl)cc2C(=O)O)c1. The van der Waals surface area contributed by atoms with Crippen molar-refractivity contribution in [3.05, 3.63) is 53.1 Å². The normalized spacial score (nSPS) is 10.1. The van der Waals surface area contributed by atoms with Crippen LogP contribution in [-0.2, 0) is 0 Å². The average Bonchev–Trinajstić information content (AvgIpc) is 2.52. The van der Waals surface area contributed by atoms with Gasteiger partial charge in [-0.15, -0.1) is 0 Å². The van der Waals surface area contributed by atoms with Gasteiger partial charge in [-0.25, -0.2) is 4.79 Å². The monoisotopic (exact) mass is 322 g/mol. The summed E-state index contributed by atoms with van der Waals surface area (Å²) in [6.07, 6.45) is 0. The Hall–Kier alpha value is -2.40. The fourth-order valence-corrected chi connectivity index (χ4v) is 1.97. The number of halogens is 1. The molecule has 0 saturated heterocycles. The molecule has 2 aromatic rings. The van der Waals surface area contributed by atoms with Crippen LogP contribution in [0.4, 0.5) is 0 Å². The molecule has 5 nitrogen and oxygen atoms in total. The highest BCUT2D eigenvalue weighted by Gasteiger charge is 2.11. The summed E-state index contributed by atoms with van der Waals surface area (Å²) in [4.78, 5) is 11.1. The lowest BCUT2D eigenvalue weighted by Crippen LogP contribution is -2.11. The predicted molar refractivity (Wildman–Crippen MR) is 82.4 cm³/mol. The first kappa shape index (κ1) is 16.0. The number of ether oxygens (including phenoxy) is 3. The fraction of sp³-hybridized carbons (Fsp3) is 0.188. The molecule has 0 heterocycles. The summed E-state index contributed by atoms with van der Waals surface area (Å²) < 4.78 is 16.0. The minimum Gasteiger partial charge on any atom is -0.497 e. The van der Waals surface area contributed by atoms with Crippen LogP contribution in [0.3, 0.4) is 0 Å². The summed E-state index contributed by atoms with van der Waals surface area (Å²) in [5, 5.41) is 9.44. The minimum absolute atomic E-state index is 0.0221. The number of carbonyl (C=O) groups is 1. The number of benzene rings is 2. The van der Waals surface area contributed by atoms with Crippen LogP contribution in [0.15, 0.2) is 42.5 Å². The third kappa shape index (κ3) is 4.30. The maximum absolute atomic E-state index is 11.1. The Morgan fingerprint density at radius 3 is 2.55 bits per heavy atom. The molecule has 6 heteroatoms. The lowest BCUT2D eigenvalue weighted by molar-refractivity contribution is 0.0691. The van der Waals surface area contributed by atoms with E-state index in [-0.39, 0.29) is 24.5 Å². The van der Waals surface area contributed by atoms with Crippen LogP contribution < -0.4 is 14.2 Å². The van der Waals surface area contributed by atoms with Crippen LogP contribution >= 0.6 is 11.6 Å². The van der Waals surface area contributed by atoms with Crippen molar-refractivity contribution in [3.8, 4) is 17.2 Å². The van der Waals surface area contributed by atoms with E-state index in [4.69, 9.17) is 30.9 Å². The van der Waals surface area contributed by atoms with E-state index in [9.17, 15) is 4.79 Å². The second-order valence-corrected chi connectivity index (χ2v) is 4.76. The third-order valence-corrected chi connectivity index (χ3v) is 3.06. The van der Waals surface area contributed by atoms with Gasteiger partial charge in [-0.1, -0.05) is 17.7 Å². The van der Waals surface area contributed by atoms with Gasteiger partial charge >= 0.3 is 5.97 Å². The fourth-order valence-electron chi connectivity index (χ4n) is 1.80. The highest BCUT2D eigenvalue weighted by Crippen LogP contribution is 2.23. The number of aromatic carboxylic acids is 1. The van der Waals surface area contributed by atoms with Gasteiger partial charge < -0.3 is 19.3 Å². The maximum Gasteiger partial charge on any atom is 0.339 e. The Bertz CT molecular complexity index is 657. The van der Waals surface area contributed by atoms with E-state index >= 15 is 0 Å². The highest BCUT2D eigenvalue weighted by atomic mass is 35.5. The molecule has 0 amide bonds. The molecule has 2 aromatic carbocycles. The molecule has 0 radical (unpaired) electrons. The Morgan fingerprint density at radius 1 is 1.09 bits per heavy atom. The van der Waals surface area contributed by atoms with E-state index in [1.807, 2.05) is 12.1 Å². The van der Waals surface area contributed by atoms with Crippen molar-refractivity contribution in [1.82, 2.24) is 0 Å². The zero-order valence-electron chi connectivity index (χ0n) is 11.9. The van der Waals surface area contributed by atoms with Gasteiger partial charge in [0.05, 0.1) is 7.11 Å². The molecule has 0 bridgehead atoms. The molecule has 0 aromatic heterocycles. The summed E-state index contributed by atoms with van der Waals surface area (Å²) in [5.41, 5.74) is 0.0221. The molecule has 2 rings (SSSR count). The minimum atomic E-state index is -1.09. The van der Waals surface area contributed by atoms with E-state index < -0.39 is 5.97 Å². The van der Waals surface area contributed by atoms with Gasteiger partial charge in [0, 0.05) is 11.1 Å². The molecular formula is C16H15ClO5. The van der Waals surface area contributed by atoms with E-state index in [1.54, 1.807) is 25.3 Å². The summed E-state index contributed by atoms with van der Waals surface area (Å²) in [5.74, 6) is 0.513. The first-order valence-corrected chi connectivity index (χ1v) is 6.90. The van der Waals surface area contributed by atoms with Crippen LogP contribution in [-0.4, -0.2) is 31.4 Å². The smallest absolute Gasteiger partial charge is 0.339 e. The zero-order valence-corrected chi connectivity index (χ0v) is 12.7. The second-order valence-electron chi connectivity index (χ2n) is 4.32. The molecule has 0 atom stereocenters. The first-order chi connectivity index (χ1) is 10.6. The molecule has 22 heavy (non-hydrogen) atoms. The molecule has 0 aliphatic carbocycles. The Labute approximate surface area is 133 Å². The number of carboxylic acids is 1. The number of hydrogen-bond acceptors (Lipinski definition) is 4. The van der Waals surface area contributed by atoms with E-state index in [0.29, 0.717) is 16.5 Å². The first-order valence-electron chi connectivity index (χ1n) is 6.52. The van der Waals surface area contributed by atoms with Crippen molar-refractivity contribution in [2.24, 2.45) is 0 Å². The molecule has 0 saturated carbocycles. The Morgan fingerprint density at radius 2 is 1.82 bits per heavy atom. The van der Waals surface area contributed by atoms with Gasteiger partial charge in [0.2, 0.25) is 0 Å². The zero-order chi connectivity index (χ0) is 15.9. The van der Waals surface area contributed by atoms with E-state index in [0.717, 1.165) is 0 Å². The number of methoxy groups -OCH3 is 1. The maximum atomic E-state index is 11.1. The van der Waals surface area contributed by atoms with Gasteiger partial charge in [-0.2, -0.15) is 0 Å². The van der Waals surface area contributed by atoms with Gasteiger partial charge in [0.25, 0.3) is 0 Å². The summed E-state index contributed by atoms with van der Waals surface area (Å²) >= 11 is 5.78. The quantitative estimate of drug-likeness (QED) is 0.790.